The van der Waals surface area contributed by atoms with Gasteiger partial charge in [-0.3, -0.25) is 4.79 Å². The zero-order chi connectivity index (χ0) is 19.2. The molecule has 0 aromatic heterocycles. The predicted octanol–water partition coefficient (Wildman–Crippen LogP) is 3.15. The number of nitrogens with zero attached hydrogens (tertiary/aromatic N) is 4. The van der Waals surface area contributed by atoms with E-state index in [1.165, 1.54) is 18.6 Å². The summed E-state index contributed by atoms with van der Waals surface area (Å²) < 4.78 is 13.1. The van der Waals surface area contributed by atoms with E-state index in [0.29, 0.717) is 32.2 Å². The van der Waals surface area contributed by atoms with Crippen molar-refractivity contribution in [3.05, 3.63) is 41.9 Å². The molecule has 1 unspecified atom stereocenters. The average molecular weight is 370 g/mol. The largest absolute Gasteiger partial charge is 0.373 e. The summed E-state index contributed by atoms with van der Waals surface area (Å²) in [5.74, 6) is -0.434. The Hall–Kier alpha value is -2.55. The normalized spacial score (nSPS) is 21.1. The number of nitriles is 1. The van der Waals surface area contributed by atoms with Gasteiger partial charge in [-0.15, -0.1) is 0 Å². The highest BCUT2D eigenvalue weighted by Crippen LogP contribution is 2.22. The van der Waals surface area contributed by atoms with Gasteiger partial charge in [-0.2, -0.15) is 5.26 Å². The van der Waals surface area contributed by atoms with Gasteiger partial charge in [-0.25, -0.2) is 4.39 Å². The topological polar surface area (TPSA) is 50.6 Å². The molecule has 1 aromatic rings. The molecule has 144 valence electrons. The van der Waals surface area contributed by atoms with E-state index in [1.54, 1.807) is 23.2 Å². The minimum Gasteiger partial charge on any atom is -0.373 e. The number of hydrogen-bond acceptors (Lipinski definition) is 4. The second-order valence-corrected chi connectivity index (χ2v) is 7.21. The molecule has 1 amide bonds. The van der Waals surface area contributed by atoms with Gasteiger partial charge >= 0.3 is 0 Å². The molecule has 0 aliphatic carbocycles. The molecule has 2 aliphatic rings. The van der Waals surface area contributed by atoms with Gasteiger partial charge in [0.05, 0.1) is 0 Å². The third kappa shape index (κ3) is 4.60. The fourth-order valence-corrected chi connectivity index (χ4v) is 3.92. The first kappa shape index (κ1) is 19.2. The molecule has 0 N–H and O–H groups in total. The van der Waals surface area contributed by atoms with E-state index in [2.05, 4.69) is 22.8 Å². The lowest BCUT2D eigenvalue weighted by atomic mass is 10.0. The summed E-state index contributed by atoms with van der Waals surface area (Å²) in [6, 6.07) is 8.95. The average Bonchev–Trinajstić information content (AvgIpc) is 2.72. The lowest BCUT2D eigenvalue weighted by Crippen LogP contribution is -2.49. The summed E-state index contributed by atoms with van der Waals surface area (Å²) in [6.45, 7) is 5.54. The molecule has 0 bridgehead atoms. The number of anilines is 1. The molecule has 27 heavy (non-hydrogen) atoms. The summed E-state index contributed by atoms with van der Waals surface area (Å²) in [4.78, 5) is 18.9. The zero-order valence-corrected chi connectivity index (χ0v) is 15.9. The quantitative estimate of drug-likeness (QED) is 0.604. The maximum Gasteiger partial charge on any atom is 0.266 e. The van der Waals surface area contributed by atoms with Crippen LogP contribution in [0, 0.1) is 17.1 Å². The molecule has 1 aromatic carbocycles. The maximum atomic E-state index is 13.1. The summed E-state index contributed by atoms with van der Waals surface area (Å²) in [7, 11) is 0. The number of carbonyl (C=O) groups excluding carboxylic acids is 1. The molecule has 3 rings (SSSR count). The Morgan fingerprint density at radius 3 is 2.52 bits per heavy atom. The van der Waals surface area contributed by atoms with Gasteiger partial charge in [0.15, 0.2) is 0 Å². The van der Waals surface area contributed by atoms with Gasteiger partial charge < -0.3 is 14.7 Å². The van der Waals surface area contributed by atoms with Crippen molar-refractivity contribution in [3.63, 3.8) is 0 Å². The molecular weight excluding hydrogens is 343 g/mol. The molecule has 2 aliphatic heterocycles. The van der Waals surface area contributed by atoms with Crippen LogP contribution in [0.4, 0.5) is 10.1 Å². The van der Waals surface area contributed by atoms with Crippen LogP contribution in [0.25, 0.3) is 0 Å². The Balaban J connectivity index is 1.62. The first-order valence-electron chi connectivity index (χ1n) is 9.80. The second-order valence-electron chi connectivity index (χ2n) is 7.21. The van der Waals surface area contributed by atoms with Crippen molar-refractivity contribution >= 4 is 11.6 Å². The molecular formula is C21H27FN4O. The number of likely N-dealkylation sites (tertiary alicyclic amines) is 1. The zero-order valence-electron chi connectivity index (χ0n) is 15.9. The van der Waals surface area contributed by atoms with Crippen LogP contribution in [0.3, 0.4) is 0 Å². The molecule has 5 nitrogen and oxygen atoms in total. The van der Waals surface area contributed by atoms with Crippen molar-refractivity contribution in [3.8, 4) is 6.07 Å². The highest BCUT2D eigenvalue weighted by molar-refractivity contribution is 5.97. The summed E-state index contributed by atoms with van der Waals surface area (Å²) >= 11 is 0. The molecule has 1 atom stereocenters. The van der Waals surface area contributed by atoms with E-state index in [1.807, 2.05) is 0 Å². The van der Waals surface area contributed by atoms with Gasteiger partial charge in [0.25, 0.3) is 5.91 Å². The number of carbonyl (C=O) groups is 1. The fourth-order valence-electron chi connectivity index (χ4n) is 3.92. The number of amides is 1. The third-order valence-electron chi connectivity index (χ3n) is 5.55. The Bertz CT molecular complexity index is 717. The number of rotatable bonds is 4. The molecule has 2 fully saturated rings. The number of halogens is 1. The van der Waals surface area contributed by atoms with Crippen LogP contribution in [-0.4, -0.2) is 54.5 Å². The van der Waals surface area contributed by atoms with Gasteiger partial charge in [0.1, 0.15) is 17.5 Å². The summed E-state index contributed by atoms with van der Waals surface area (Å²) in [5, 5.41) is 9.53. The third-order valence-corrected chi connectivity index (χ3v) is 5.55. The highest BCUT2D eigenvalue weighted by Gasteiger charge is 2.26. The van der Waals surface area contributed by atoms with Crippen molar-refractivity contribution in [2.24, 2.45) is 0 Å². The first-order chi connectivity index (χ1) is 13.1. The maximum absolute atomic E-state index is 13.1. The van der Waals surface area contributed by atoms with Crippen molar-refractivity contribution in [1.29, 1.82) is 5.26 Å². The van der Waals surface area contributed by atoms with E-state index in [0.717, 1.165) is 31.5 Å². The van der Waals surface area contributed by atoms with Crippen LogP contribution < -0.4 is 4.90 Å². The van der Waals surface area contributed by atoms with Crippen molar-refractivity contribution in [2.75, 3.05) is 37.6 Å². The van der Waals surface area contributed by atoms with Gasteiger partial charge in [-0.1, -0.05) is 6.92 Å². The smallest absolute Gasteiger partial charge is 0.266 e. The Kier molecular flexibility index (Phi) is 6.33. The number of benzene rings is 1. The van der Waals surface area contributed by atoms with Crippen molar-refractivity contribution in [2.45, 2.75) is 38.6 Å². The van der Waals surface area contributed by atoms with Crippen LogP contribution in [0.5, 0.6) is 0 Å². The van der Waals surface area contributed by atoms with Crippen molar-refractivity contribution < 1.29 is 9.18 Å². The molecule has 0 spiro atoms. The molecule has 0 saturated carbocycles. The van der Waals surface area contributed by atoms with E-state index in [9.17, 15) is 14.4 Å². The van der Waals surface area contributed by atoms with Crippen LogP contribution in [-0.2, 0) is 4.79 Å². The van der Waals surface area contributed by atoms with Crippen LogP contribution >= 0.6 is 0 Å². The van der Waals surface area contributed by atoms with E-state index >= 15 is 0 Å². The minimum absolute atomic E-state index is 0.184. The second kappa shape index (κ2) is 8.90. The Labute approximate surface area is 160 Å². The summed E-state index contributed by atoms with van der Waals surface area (Å²) in [6.07, 6.45) is 6.25. The standard InChI is InChI=1S/C21H27FN4O/c1-2-19-5-3-4-10-26(19)16-17(15-23)21(27)25-13-11-24(12-14-25)20-8-6-18(22)7-9-20/h6-9,16,19H,2-5,10-14H2,1H3/b17-16-. The first-order valence-corrected chi connectivity index (χ1v) is 9.80. The van der Waals surface area contributed by atoms with Gasteiger partial charge in [-0.05, 0) is 49.9 Å². The lowest BCUT2D eigenvalue weighted by molar-refractivity contribution is -0.127. The highest BCUT2D eigenvalue weighted by atomic mass is 19.1. The number of hydrogen-bond donors (Lipinski definition) is 0. The Morgan fingerprint density at radius 2 is 1.89 bits per heavy atom. The summed E-state index contributed by atoms with van der Waals surface area (Å²) in [5.41, 5.74) is 1.18. The van der Waals surface area contributed by atoms with E-state index in [4.69, 9.17) is 0 Å². The Morgan fingerprint density at radius 1 is 1.19 bits per heavy atom. The SMILES string of the molecule is CCC1CCCCN1/C=C(/C#N)C(=O)N1CCN(c2ccc(F)cc2)CC1. The minimum atomic E-state index is -0.251. The molecule has 6 heteroatoms. The number of piperidine rings is 1. The van der Waals surface area contributed by atoms with Crippen LogP contribution in [0.2, 0.25) is 0 Å². The van der Waals surface area contributed by atoms with Crippen LogP contribution in [0.1, 0.15) is 32.6 Å². The van der Waals surface area contributed by atoms with E-state index < -0.39 is 0 Å². The lowest BCUT2D eigenvalue weighted by Gasteiger charge is -2.37. The molecule has 2 saturated heterocycles. The van der Waals surface area contributed by atoms with Gasteiger partial charge in [0, 0.05) is 50.7 Å². The number of piperazine rings is 1. The predicted molar refractivity (Wildman–Crippen MR) is 104 cm³/mol. The molecule has 0 radical (unpaired) electrons. The molecule has 2 heterocycles. The van der Waals surface area contributed by atoms with E-state index in [-0.39, 0.29) is 17.3 Å². The van der Waals surface area contributed by atoms with Crippen molar-refractivity contribution in [1.82, 2.24) is 9.80 Å². The fraction of sp³-hybridized carbons (Fsp3) is 0.524. The van der Waals surface area contributed by atoms with Gasteiger partial charge in [0.2, 0.25) is 0 Å². The monoisotopic (exact) mass is 370 g/mol. The van der Waals surface area contributed by atoms with Crippen LogP contribution in [0.15, 0.2) is 36.0 Å².